The van der Waals surface area contributed by atoms with Crippen LogP contribution in [0.1, 0.15) is 24.1 Å². The van der Waals surface area contributed by atoms with Crippen LogP contribution in [-0.2, 0) is 0 Å². The fraction of sp³-hybridized carbons (Fsp3) is 0.429. The Kier molecular flexibility index (Phi) is 2.24. The van der Waals surface area contributed by atoms with Crippen molar-refractivity contribution < 1.29 is 0 Å². The molecule has 0 fully saturated rings. The molecular weight excluding hydrogens is 140 g/mol. The maximum atomic E-state index is 5.64. The highest BCUT2D eigenvalue weighted by atomic mass is 15.2. The van der Waals surface area contributed by atoms with Gasteiger partial charge in [-0.15, -0.1) is 12.3 Å². The molecule has 1 atom stereocenters. The van der Waals surface area contributed by atoms with Gasteiger partial charge in [0.15, 0.2) is 0 Å². The summed E-state index contributed by atoms with van der Waals surface area (Å²) in [5.74, 6) is 3.80. The third kappa shape index (κ3) is 1.79. The van der Waals surface area contributed by atoms with Gasteiger partial charge in [0.1, 0.15) is 11.6 Å². The number of aromatic amines is 1. The van der Waals surface area contributed by atoms with Crippen LogP contribution < -0.4 is 5.73 Å². The molecule has 0 saturated carbocycles. The van der Waals surface area contributed by atoms with Crippen LogP contribution in [0.25, 0.3) is 0 Å². The number of terminal acetylenes is 1. The second kappa shape index (κ2) is 3.17. The summed E-state index contributed by atoms with van der Waals surface area (Å²) >= 11 is 0. The minimum Gasteiger partial charge on any atom is -0.321 e. The maximum Gasteiger partial charge on any atom is 0.147 e. The molecule has 0 radical (unpaired) electrons. The van der Waals surface area contributed by atoms with Crippen LogP contribution in [0.4, 0.5) is 0 Å². The van der Waals surface area contributed by atoms with Gasteiger partial charge < -0.3 is 5.73 Å². The fourth-order valence-electron chi connectivity index (χ4n) is 0.752. The molecule has 4 heteroatoms. The second-order valence-corrected chi connectivity index (χ2v) is 2.28. The van der Waals surface area contributed by atoms with Crippen LogP contribution in [0.5, 0.6) is 0 Å². The number of nitrogens with one attached hydrogen (secondary N) is 1. The van der Waals surface area contributed by atoms with Crippen molar-refractivity contribution in [1.82, 2.24) is 15.2 Å². The quantitative estimate of drug-likeness (QED) is 0.589. The maximum absolute atomic E-state index is 5.64. The molecule has 3 N–H and O–H groups in total. The molecular formula is C7H10N4. The van der Waals surface area contributed by atoms with Crippen LogP contribution in [0.2, 0.25) is 0 Å². The topological polar surface area (TPSA) is 67.6 Å². The number of hydrogen-bond acceptors (Lipinski definition) is 3. The van der Waals surface area contributed by atoms with E-state index < -0.39 is 0 Å². The standard InChI is InChI=1S/C7H10N4/c1-3-4-6(8)7-9-5(2)10-11-7/h1,6H,4,8H2,2H3,(H,9,10,11)/t6-/m1/s1. The van der Waals surface area contributed by atoms with Gasteiger partial charge in [-0.25, -0.2) is 4.98 Å². The molecule has 4 nitrogen and oxygen atoms in total. The van der Waals surface area contributed by atoms with Gasteiger partial charge in [0.25, 0.3) is 0 Å². The molecule has 1 aromatic rings. The summed E-state index contributed by atoms with van der Waals surface area (Å²) in [5, 5.41) is 6.54. The van der Waals surface area contributed by atoms with E-state index in [4.69, 9.17) is 12.2 Å². The molecule has 11 heavy (non-hydrogen) atoms. The van der Waals surface area contributed by atoms with Gasteiger partial charge >= 0.3 is 0 Å². The monoisotopic (exact) mass is 150 g/mol. The number of nitrogens with two attached hydrogens (primary N) is 1. The lowest BCUT2D eigenvalue weighted by Crippen LogP contribution is -2.11. The van der Waals surface area contributed by atoms with Gasteiger partial charge in [0.2, 0.25) is 0 Å². The highest BCUT2D eigenvalue weighted by Gasteiger charge is 2.07. The molecule has 0 amide bonds. The zero-order chi connectivity index (χ0) is 8.27. The number of hydrogen-bond donors (Lipinski definition) is 2. The van der Waals surface area contributed by atoms with E-state index in [0.717, 1.165) is 0 Å². The minimum absolute atomic E-state index is 0.221. The van der Waals surface area contributed by atoms with Crippen molar-refractivity contribution in [3.05, 3.63) is 11.6 Å². The van der Waals surface area contributed by atoms with Crippen molar-refractivity contribution in [1.29, 1.82) is 0 Å². The number of nitrogens with zero attached hydrogens (tertiary/aromatic N) is 2. The molecule has 0 spiro atoms. The molecule has 0 aromatic carbocycles. The van der Waals surface area contributed by atoms with Crippen molar-refractivity contribution in [3.8, 4) is 12.3 Å². The van der Waals surface area contributed by atoms with Crippen LogP contribution in [-0.4, -0.2) is 15.2 Å². The van der Waals surface area contributed by atoms with Crippen LogP contribution in [0.15, 0.2) is 0 Å². The molecule has 1 heterocycles. The highest BCUT2D eigenvalue weighted by Crippen LogP contribution is 2.06. The average molecular weight is 150 g/mol. The Bertz CT molecular complexity index is 270. The first-order chi connectivity index (χ1) is 5.24. The number of rotatable bonds is 2. The summed E-state index contributed by atoms with van der Waals surface area (Å²) in [6.07, 6.45) is 5.56. The average Bonchev–Trinajstić information content (AvgIpc) is 2.36. The first kappa shape index (κ1) is 7.76. The fourth-order valence-corrected chi connectivity index (χ4v) is 0.752. The lowest BCUT2D eigenvalue weighted by atomic mass is 10.2. The van der Waals surface area contributed by atoms with E-state index in [2.05, 4.69) is 21.1 Å². The lowest BCUT2D eigenvalue weighted by Gasteiger charge is -2.00. The second-order valence-electron chi connectivity index (χ2n) is 2.28. The normalized spacial score (nSPS) is 12.5. The van der Waals surface area contributed by atoms with E-state index in [-0.39, 0.29) is 6.04 Å². The van der Waals surface area contributed by atoms with Crippen molar-refractivity contribution in [3.63, 3.8) is 0 Å². The smallest absolute Gasteiger partial charge is 0.147 e. The third-order valence-corrected chi connectivity index (χ3v) is 1.30. The first-order valence-electron chi connectivity index (χ1n) is 3.32. The molecule has 1 aromatic heterocycles. The molecule has 0 saturated heterocycles. The number of aryl methyl sites for hydroxylation is 1. The molecule has 0 aliphatic heterocycles. The number of H-pyrrole nitrogens is 1. The molecule has 0 unspecified atom stereocenters. The molecule has 0 aliphatic carbocycles. The first-order valence-corrected chi connectivity index (χ1v) is 3.32. The van der Waals surface area contributed by atoms with Crippen molar-refractivity contribution in [2.24, 2.45) is 5.73 Å². The summed E-state index contributed by atoms with van der Waals surface area (Å²) in [5.41, 5.74) is 5.64. The largest absolute Gasteiger partial charge is 0.321 e. The SMILES string of the molecule is C#CC[C@@H](N)c1nc(C)n[nH]1. The van der Waals surface area contributed by atoms with Crippen LogP contribution in [0.3, 0.4) is 0 Å². The molecule has 0 bridgehead atoms. The molecule has 58 valence electrons. The Morgan fingerprint density at radius 3 is 3.00 bits per heavy atom. The van der Waals surface area contributed by atoms with Crippen LogP contribution >= 0.6 is 0 Å². The predicted octanol–water partition coefficient (Wildman–Crippen LogP) is 0.136. The van der Waals surface area contributed by atoms with E-state index in [1.807, 2.05) is 0 Å². The van der Waals surface area contributed by atoms with Crippen molar-refractivity contribution >= 4 is 0 Å². The zero-order valence-corrected chi connectivity index (χ0v) is 6.33. The van der Waals surface area contributed by atoms with Gasteiger partial charge in [-0.05, 0) is 6.92 Å². The predicted molar refractivity (Wildman–Crippen MR) is 41.5 cm³/mol. The van der Waals surface area contributed by atoms with Gasteiger partial charge in [0, 0.05) is 6.42 Å². The summed E-state index contributed by atoms with van der Waals surface area (Å²) in [6, 6.07) is -0.221. The van der Waals surface area contributed by atoms with Gasteiger partial charge in [-0.2, -0.15) is 5.10 Å². The Balaban J connectivity index is 2.70. The Labute approximate surface area is 65.2 Å². The highest BCUT2D eigenvalue weighted by molar-refractivity contribution is 5.00. The Morgan fingerprint density at radius 2 is 2.55 bits per heavy atom. The summed E-state index contributed by atoms with van der Waals surface area (Å²) in [7, 11) is 0. The lowest BCUT2D eigenvalue weighted by molar-refractivity contribution is 0.696. The Hall–Kier alpha value is -1.34. The van der Waals surface area contributed by atoms with E-state index in [0.29, 0.717) is 18.1 Å². The zero-order valence-electron chi connectivity index (χ0n) is 6.33. The van der Waals surface area contributed by atoms with E-state index in [1.165, 1.54) is 0 Å². The third-order valence-electron chi connectivity index (χ3n) is 1.30. The number of aromatic nitrogens is 3. The van der Waals surface area contributed by atoms with E-state index >= 15 is 0 Å². The minimum atomic E-state index is -0.221. The summed E-state index contributed by atoms with van der Waals surface area (Å²) in [4.78, 5) is 4.04. The van der Waals surface area contributed by atoms with E-state index in [1.54, 1.807) is 6.92 Å². The molecule has 1 rings (SSSR count). The summed E-state index contributed by atoms with van der Waals surface area (Å²) < 4.78 is 0. The van der Waals surface area contributed by atoms with Crippen LogP contribution in [0, 0.1) is 19.3 Å². The van der Waals surface area contributed by atoms with Gasteiger partial charge in [0.05, 0.1) is 6.04 Å². The van der Waals surface area contributed by atoms with Crippen molar-refractivity contribution in [2.45, 2.75) is 19.4 Å². The molecule has 0 aliphatic rings. The van der Waals surface area contributed by atoms with Gasteiger partial charge in [-0.1, -0.05) is 0 Å². The van der Waals surface area contributed by atoms with Gasteiger partial charge in [-0.3, -0.25) is 5.10 Å². The Morgan fingerprint density at radius 1 is 1.82 bits per heavy atom. The summed E-state index contributed by atoms with van der Waals surface area (Å²) in [6.45, 7) is 1.79. The van der Waals surface area contributed by atoms with Crippen molar-refractivity contribution in [2.75, 3.05) is 0 Å². The van der Waals surface area contributed by atoms with E-state index in [9.17, 15) is 0 Å².